The van der Waals surface area contributed by atoms with Gasteiger partial charge in [-0.05, 0) is 38.3 Å². The van der Waals surface area contributed by atoms with Crippen molar-refractivity contribution in [1.82, 2.24) is 10.6 Å². The number of aliphatic hydroxyl groups is 1. The molecular weight excluding hydrogens is 216 g/mol. The van der Waals surface area contributed by atoms with Crippen LogP contribution in [0.1, 0.15) is 38.5 Å². The molecule has 1 amide bonds. The van der Waals surface area contributed by atoms with Crippen molar-refractivity contribution in [1.29, 1.82) is 0 Å². The minimum absolute atomic E-state index is 0.170. The second-order valence-electron chi connectivity index (χ2n) is 5.46. The van der Waals surface area contributed by atoms with Crippen LogP contribution in [0.5, 0.6) is 0 Å². The Hall–Kier alpha value is -0.610. The van der Waals surface area contributed by atoms with Gasteiger partial charge in [-0.1, -0.05) is 12.8 Å². The molecule has 4 heteroatoms. The summed E-state index contributed by atoms with van der Waals surface area (Å²) in [6.45, 7) is 2.22. The van der Waals surface area contributed by atoms with Gasteiger partial charge in [0.25, 0.3) is 0 Å². The lowest BCUT2D eigenvalue weighted by Crippen LogP contribution is -2.43. The summed E-state index contributed by atoms with van der Waals surface area (Å²) in [6.07, 6.45) is 6.19. The van der Waals surface area contributed by atoms with Gasteiger partial charge < -0.3 is 15.7 Å². The monoisotopic (exact) mass is 240 g/mol. The third-order valence-corrected chi connectivity index (χ3v) is 4.13. The summed E-state index contributed by atoms with van der Waals surface area (Å²) in [7, 11) is 0. The first-order valence-electron chi connectivity index (χ1n) is 6.90. The fraction of sp³-hybridized carbons (Fsp3) is 0.923. The number of carbonyl (C=O) groups is 1. The summed E-state index contributed by atoms with van der Waals surface area (Å²) in [4.78, 5) is 11.9. The highest BCUT2D eigenvalue weighted by Gasteiger charge is 2.27. The Morgan fingerprint density at radius 1 is 1.29 bits per heavy atom. The van der Waals surface area contributed by atoms with E-state index < -0.39 is 0 Å². The highest BCUT2D eigenvalue weighted by atomic mass is 16.3. The Balaban J connectivity index is 1.75. The number of carbonyl (C=O) groups excluding carboxylic acids is 1. The van der Waals surface area contributed by atoms with E-state index in [-0.39, 0.29) is 24.5 Å². The van der Waals surface area contributed by atoms with Gasteiger partial charge in [-0.15, -0.1) is 0 Å². The largest absolute Gasteiger partial charge is 0.396 e. The van der Waals surface area contributed by atoms with Crippen molar-refractivity contribution in [3.05, 3.63) is 0 Å². The third-order valence-electron chi connectivity index (χ3n) is 4.13. The second kappa shape index (κ2) is 6.36. The van der Waals surface area contributed by atoms with Crippen molar-refractivity contribution < 1.29 is 9.90 Å². The van der Waals surface area contributed by atoms with Crippen LogP contribution in [0.3, 0.4) is 0 Å². The maximum atomic E-state index is 11.9. The van der Waals surface area contributed by atoms with Gasteiger partial charge in [-0.2, -0.15) is 0 Å². The number of aliphatic hydroxyl groups excluding tert-OH is 1. The quantitative estimate of drug-likeness (QED) is 0.676. The molecule has 1 saturated heterocycles. The van der Waals surface area contributed by atoms with Gasteiger partial charge >= 0.3 is 0 Å². The van der Waals surface area contributed by atoms with Crippen molar-refractivity contribution in [3.8, 4) is 0 Å². The van der Waals surface area contributed by atoms with Crippen LogP contribution in [0, 0.1) is 11.8 Å². The Bertz CT molecular complexity index is 252. The molecular formula is C13H24N2O2. The topological polar surface area (TPSA) is 61.4 Å². The van der Waals surface area contributed by atoms with E-state index in [1.165, 1.54) is 12.8 Å². The van der Waals surface area contributed by atoms with Gasteiger partial charge in [0.2, 0.25) is 5.91 Å². The zero-order chi connectivity index (χ0) is 12.1. The van der Waals surface area contributed by atoms with Gasteiger partial charge in [0.05, 0.1) is 0 Å². The van der Waals surface area contributed by atoms with Crippen molar-refractivity contribution in [2.75, 3.05) is 19.7 Å². The molecule has 2 rings (SSSR count). The minimum atomic E-state index is 0.170. The number of rotatable bonds is 4. The summed E-state index contributed by atoms with van der Waals surface area (Å²) >= 11 is 0. The highest BCUT2D eigenvalue weighted by molar-refractivity contribution is 5.76. The number of hydrogen-bond acceptors (Lipinski definition) is 3. The molecule has 3 N–H and O–H groups in total. The average Bonchev–Trinajstić information content (AvgIpc) is 2.82. The van der Waals surface area contributed by atoms with Crippen molar-refractivity contribution >= 4 is 5.91 Å². The van der Waals surface area contributed by atoms with Crippen molar-refractivity contribution in [3.63, 3.8) is 0 Å². The first kappa shape index (κ1) is 12.8. The van der Waals surface area contributed by atoms with Crippen LogP contribution in [-0.4, -0.2) is 36.8 Å². The average molecular weight is 240 g/mol. The molecule has 2 fully saturated rings. The SMILES string of the molecule is O=C(CC1CCNC1)NC1CCCCC1CO. The Morgan fingerprint density at radius 3 is 2.82 bits per heavy atom. The lowest BCUT2D eigenvalue weighted by Gasteiger charge is -2.31. The standard InChI is InChI=1S/C13H24N2O2/c16-9-11-3-1-2-4-12(11)15-13(17)7-10-5-6-14-8-10/h10-12,14,16H,1-9H2,(H,15,17). The maximum absolute atomic E-state index is 11.9. The number of hydrogen-bond donors (Lipinski definition) is 3. The van der Waals surface area contributed by atoms with Gasteiger partial charge in [0, 0.05) is 25.0 Å². The normalized spacial score (nSPS) is 33.6. The van der Waals surface area contributed by atoms with E-state index in [1.54, 1.807) is 0 Å². The van der Waals surface area contributed by atoms with E-state index in [2.05, 4.69) is 10.6 Å². The van der Waals surface area contributed by atoms with Crippen LogP contribution in [0.25, 0.3) is 0 Å². The molecule has 0 spiro atoms. The zero-order valence-corrected chi connectivity index (χ0v) is 10.5. The molecule has 0 aromatic heterocycles. The van der Waals surface area contributed by atoms with E-state index in [9.17, 15) is 9.90 Å². The molecule has 0 aromatic carbocycles. The molecule has 1 heterocycles. The second-order valence-corrected chi connectivity index (χ2v) is 5.46. The summed E-state index contributed by atoms with van der Waals surface area (Å²) in [5.74, 6) is 0.949. The predicted octanol–water partition coefficient (Wildman–Crippen LogP) is 0.653. The molecule has 2 aliphatic rings. The number of amides is 1. The summed E-state index contributed by atoms with van der Waals surface area (Å²) in [5, 5.41) is 15.7. The fourth-order valence-electron chi connectivity index (χ4n) is 3.03. The molecule has 0 radical (unpaired) electrons. The Kier molecular flexibility index (Phi) is 4.80. The molecule has 3 atom stereocenters. The Morgan fingerprint density at radius 2 is 2.12 bits per heavy atom. The van der Waals surface area contributed by atoms with Gasteiger partial charge in [-0.25, -0.2) is 0 Å². The predicted molar refractivity (Wildman–Crippen MR) is 66.6 cm³/mol. The van der Waals surface area contributed by atoms with E-state index in [4.69, 9.17) is 0 Å². The lowest BCUT2D eigenvalue weighted by molar-refractivity contribution is -0.123. The van der Waals surface area contributed by atoms with Crippen LogP contribution < -0.4 is 10.6 Å². The van der Waals surface area contributed by atoms with Crippen LogP contribution in [-0.2, 0) is 4.79 Å². The summed E-state index contributed by atoms with van der Waals surface area (Å²) in [5.41, 5.74) is 0. The van der Waals surface area contributed by atoms with E-state index >= 15 is 0 Å². The van der Waals surface area contributed by atoms with Crippen LogP contribution >= 0.6 is 0 Å². The molecule has 1 aliphatic carbocycles. The minimum Gasteiger partial charge on any atom is -0.396 e. The molecule has 17 heavy (non-hydrogen) atoms. The van der Waals surface area contributed by atoms with Crippen LogP contribution in [0.2, 0.25) is 0 Å². The van der Waals surface area contributed by atoms with Gasteiger partial charge in [-0.3, -0.25) is 4.79 Å². The first-order valence-corrected chi connectivity index (χ1v) is 6.90. The molecule has 0 bridgehead atoms. The Labute approximate surface area is 103 Å². The number of nitrogens with one attached hydrogen (secondary N) is 2. The maximum Gasteiger partial charge on any atom is 0.220 e. The van der Waals surface area contributed by atoms with Crippen molar-refractivity contribution in [2.45, 2.75) is 44.6 Å². The van der Waals surface area contributed by atoms with E-state index in [0.29, 0.717) is 12.3 Å². The fourth-order valence-corrected chi connectivity index (χ4v) is 3.03. The third kappa shape index (κ3) is 3.68. The first-order chi connectivity index (χ1) is 8.29. The summed E-state index contributed by atoms with van der Waals surface area (Å²) < 4.78 is 0. The molecule has 1 aliphatic heterocycles. The lowest BCUT2D eigenvalue weighted by atomic mass is 9.85. The van der Waals surface area contributed by atoms with E-state index in [1.807, 2.05) is 0 Å². The zero-order valence-electron chi connectivity index (χ0n) is 10.5. The van der Waals surface area contributed by atoms with Crippen molar-refractivity contribution in [2.24, 2.45) is 11.8 Å². The van der Waals surface area contributed by atoms with E-state index in [0.717, 1.165) is 32.4 Å². The molecule has 4 nitrogen and oxygen atoms in total. The highest BCUT2D eigenvalue weighted by Crippen LogP contribution is 2.24. The van der Waals surface area contributed by atoms with Crippen LogP contribution in [0.4, 0.5) is 0 Å². The molecule has 98 valence electrons. The molecule has 1 saturated carbocycles. The summed E-state index contributed by atoms with van der Waals surface area (Å²) in [6, 6.07) is 0.204. The molecule has 0 aromatic rings. The smallest absolute Gasteiger partial charge is 0.220 e. The van der Waals surface area contributed by atoms with Gasteiger partial charge in [0.15, 0.2) is 0 Å². The van der Waals surface area contributed by atoms with Crippen LogP contribution in [0.15, 0.2) is 0 Å². The van der Waals surface area contributed by atoms with Gasteiger partial charge in [0.1, 0.15) is 0 Å². The molecule has 3 unspecified atom stereocenters.